The molecule has 56 heavy (non-hydrogen) atoms. The Morgan fingerprint density at radius 2 is 1.66 bits per heavy atom. The maximum atomic E-state index is 13.1. The Kier molecular flexibility index (Phi) is 11.6. The van der Waals surface area contributed by atoms with Crippen LogP contribution >= 0.6 is 11.6 Å². The Hall–Kier alpha value is -6.76. The molecule has 1 fully saturated rings. The molecule has 2 aromatic heterocycles. The highest BCUT2D eigenvalue weighted by molar-refractivity contribution is 6.39. The highest BCUT2D eigenvalue weighted by Crippen LogP contribution is 2.48. The summed E-state index contributed by atoms with van der Waals surface area (Å²) in [4.78, 5) is 70.2. The Balaban J connectivity index is 1.08. The number of ether oxygens (including phenoxy) is 2. The van der Waals surface area contributed by atoms with Crippen molar-refractivity contribution in [1.29, 1.82) is 0 Å². The number of hydrogen-bond donors (Lipinski definition) is 6. The summed E-state index contributed by atoms with van der Waals surface area (Å²) in [5, 5.41) is 13.8. The Morgan fingerprint density at radius 1 is 0.929 bits per heavy atom. The molecule has 6 N–H and O–H groups in total. The van der Waals surface area contributed by atoms with Gasteiger partial charge >= 0.3 is 30.0 Å². The average molecular weight is 793 g/mol. The number of esters is 1. The molecule has 0 aliphatic heterocycles. The van der Waals surface area contributed by atoms with Gasteiger partial charge in [0, 0.05) is 46.5 Å². The highest BCUT2D eigenvalue weighted by atomic mass is 35.5. The number of nitrogens with one attached hydrogen (secondary N) is 6. The summed E-state index contributed by atoms with van der Waals surface area (Å²) in [5.74, 6) is -3.36. The number of carbonyl (C=O) groups excluding carboxylic acids is 4. The molecule has 2 heterocycles. The number of halogens is 4. The number of nitrogens with zero attached hydrogens (tertiary/aromatic N) is 4. The minimum absolute atomic E-state index is 0.0409. The molecule has 1 aliphatic rings. The number of aromatic amines is 1. The van der Waals surface area contributed by atoms with Gasteiger partial charge in [-0.3, -0.25) is 14.4 Å². The summed E-state index contributed by atoms with van der Waals surface area (Å²) in [7, 11) is 1.09. The molecule has 1 saturated carbocycles. The Morgan fingerprint density at radius 3 is 2.32 bits per heavy atom. The number of amides is 3. The largest absolute Gasteiger partial charge is 0.467 e. The first-order valence-electron chi connectivity index (χ1n) is 16.7. The second-order valence-electron chi connectivity index (χ2n) is 12.3. The maximum absolute atomic E-state index is 13.1. The minimum atomic E-state index is -4.65. The minimum Gasteiger partial charge on any atom is -0.467 e. The zero-order valence-corrected chi connectivity index (χ0v) is 30.0. The zero-order chi connectivity index (χ0) is 39.9. The van der Waals surface area contributed by atoms with Crippen LogP contribution in [0.25, 0.3) is 11.4 Å². The lowest BCUT2D eigenvalue weighted by Gasteiger charge is -2.19. The molecule has 1 atom stereocenters. The first kappa shape index (κ1) is 38.9. The van der Waals surface area contributed by atoms with Crippen LogP contribution in [0.3, 0.4) is 0 Å². The Labute approximate surface area is 321 Å². The fraction of sp³-hybridized carbons (Fsp3) is 0.222. The average Bonchev–Trinajstić information content (AvgIpc) is 3.73. The second-order valence-corrected chi connectivity index (χ2v) is 12.8. The molecule has 1 aliphatic carbocycles. The predicted octanol–water partition coefficient (Wildman–Crippen LogP) is 4.73. The number of anilines is 4. The molecular formula is C36H32ClF3N10O6. The van der Waals surface area contributed by atoms with E-state index in [9.17, 15) is 32.3 Å². The zero-order valence-electron chi connectivity index (χ0n) is 29.2. The number of imidazole rings is 1. The molecule has 0 spiro atoms. The predicted molar refractivity (Wildman–Crippen MR) is 196 cm³/mol. The van der Waals surface area contributed by atoms with Gasteiger partial charge in [0.25, 0.3) is 5.91 Å². The van der Waals surface area contributed by atoms with Crippen molar-refractivity contribution < 1.29 is 41.8 Å². The first-order valence-corrected chi connectivity index (χ1v) is 17.1. The standard InChI is InChI=1S/C36H32ClF3N10O6/c1-55-31(54)26(18-43-29(52)30(53)44-25-4-2-3-21(17-25)27-41-15-16-42-27)46-28(51)20-5-11-24(12-6-20)45-32-47-33(49-34(48-32)56-19-36(38,39)40)50-35(13-14-35)22-7-9-23(37)10-8-22/h2-12,15-17,26H,13-14,18-19H2,1H3,(H,41,42)(H,43,52)(H,44,53)(H,46,51)(H2,45,47,48,49,50)/t26-/m0/s1. The number of methoxy groups -OCH3 is 1. The van der Waals surface area contributed by atoms with E-state index >= 15 is 0 Å². The van der Waals surface area contributed by atoms with Crippen molar-refractivity contribution in [3.8, 4) is 17.4 Å². The quantitative estimate of drug-likeness (QED) is 0.0666. The van der Waals surface area contributed by atoms with Crippen LogP contribution in [0.15, 0.2) is 85.2 Å². The Bertz CT molecular complexity index is 2200. The van der Waals surface area contributed by atoms with Crippen LogP contribution < -0.4 is 31.3 Å². The molecule has 3 amide bonds. The van der Waals surface area contributed by atoms with Gasteiger partial charge in [0.05, 0.1) is 12.6 Å². The summed E-state index contributed by atoms with van der Waals surface area (Å²) >= 11 is 6.03. The van der Waals surface area contributed by atoms with Gasteiger partial charge in [-0.25, -0.2) is 9.78 Å². The van der Waals surface area contributed by atoms with Crippen molar-refractivity contribution in [2.45, 2.75) is 30.6 Å². The molecule has 290 valence electrons. The van der Waals surface area contributed by atoms with Crippen LogP contribution in [0.2, 0.25) is 5.02 Å². The molecule has 16 nitrogen and oxygen atoms in total. The van der Waals surface area contributed by atoms with E-state index < -0.39 is 60.6 Å². The number of carbonyl (C=O) groups is 4. The van der Waals surface area contributed by atoms with Crippen molar-refractivity contribution >= 4 is 58.6 Å². The van der Waals surface area contributed by atoms with Gasteiger partial charge in [-0.05, 0) is 66.9 Å². The molecule has 20 heteroatoms. The summed E-state index contributed by atoms with van der Waals surface area (Å²) in [6, 6.07) is 17.4. The third-order valence-corrected chi connectivity index (χ3v) is 8.49. The fourth-order valence-corrected chi connectivity index (χ4v) is 5.44. The van der Waals surface area contributed by atoms with Crippen molar-refractivity contribution in [3.63, 3.8) is 0 Å². The number of hydrogen-bond acceptors (Lipinski definition) is 12. The maximum Gasteiger partial charge on any atom is 0.422 e. The topological polar surface area (TPSA) is 214 Å². The van der Waals surface area contributed by atoms with E-state index in [2.05, 4.69) is 51.5 Å². The van der Waals surface area contributed by atoms with E-state index in [1.54, 1.807) is 48.8 Å². The molecule has 6 rings (SSSR count). The molecule has 3 aromatic carbocycles. The van der Waals surface area contributed by atoms with Gasteiger partial charge in [-0.2, -0.15) is 28.1 Å². The van der Waals surface area contributed by atoms with Gasteiger partial charge in [-0.1, -0.05) is 35.9 Å². The lowest BCUT2D eigenvalue weighted by atomic mass is 10.1. The number of aromatic nitrogens is 5. The van der Waals surface area contributed by atoms with E-state index in [0.29, 0.717) is 40.6 Å². The molecule has 0 bridgehead atoms. The van der Waals surface area contributed by atoms with Gasteiger partial charge in [0.15, 0.2) is 6.61 Å². The van der Waals surface area contributed by atoms with Crippen molar-refractivity contribution in [2.24, 2.45) is 0 Å². The van der Waals surface area contributed by atoms with E-state index in [0.717, 1.165) is 12.7 Å². The molecule has 0 unspecified atom stereocenters. The van der Waals surface area contributed by atoms with Crippen molar-refractivity contribution in [3.05, 3.63) is 101 Å². The van der Waals surface area contributed by atoms with E-state index in [1.165, 1.54) is 24.3 Å². The molecule has 5 aromatic rings. The summed E-state index contributed by atoms with van der Waals surface area (Å²) in [6.07, 6.45) is -0.0387. The van der Waals surface area contributed by atoms with Crippen LogP contribution in [-0.4, -0.2) is 81.1 Å². The van der Waals surface area contributed by atoms with Gasteiger partial charge in [0.2, 0.25) is 11.9 Å². The van der Waals surface area contributed by atoms with E-state index in [1.807, 2.05) is 12.1 Å². The lowest BCUT2D eigenvalue weighted by Crippen LogP contribution is -2.50. The summed E-state index contributed by atoms with van der Waals surface area (Å²) in [5.41, 5.74) is 1.71. The van der Waals surface area contributed by atoms with Gasteiger partial charge in [-0.15, -0.1) is 0 Å². The third-order valence-electron chi connectivity index (χ3n) is 8.24. The summed E-state index contributed by atoms with van der Waals surface area (Å²) < 4.78 is 48.5. The van der Waals surface area contributed by atoms with Gasteiger partial charge in [0.1, 0.15) is 11.9 Å². The second kappa shape index (κ2) is 16.7. The van der Waals surface area contributed by atoms with Crippen LogP contribution in [-0.2, 0) is 24.7 Å². The van der Waals surface area contributed by atoms with Gasteiger partial charge < -0.3 is 41.0 Å². The normalized spacial score (nSPS) is 13.4. The summed E-state index contributed by atoms with van der Waals surface area (Å²) in [6.45, 7) is -2.11. The smallest absolute Gasteiger partial charge is 0.422 e. The highest BCUT2D eigenvalue weighted by Gasteiger charge is 2.45. The van der Waals surface area contributed by atoms with Crippen molar-refractivity contribution in [2.75, 3.05) is 36.2 Å². The van der Waals surface area contributed by atoms with Crippen LogP contribution in [0.5, 0.6) is 6.01 Å². The van der Waals surface area contributed by atoms with E-state index in [-0.39, 0.29) is 17.5 Å². The molecular weight excluding hydrogens is 761 g/mol. The molecule has 0 saturated heterocycles. The monoisotopic (exact) mass is 792 g/mol. The van der Waals surface area contributed by atoms with Crippen LogP contribution in [0.1, 0.15) is 28.8 Å². The number of rotatable bonds is 14. The number of benzene rings is 3. The van der Waals surface area contributed by atoms with Crippen LogP contribution in [0.4, 0.5) is 36.4 Å². The third kappa shape index (κ3) is 10.3. The van der Waals surface area contributed by atoms with Crippen molar-refractivity contribution in [1.82, 2.24) is 35.6 Å². The molecule has 0 radical (unpaired) electrons. The lowest BCUT2D eigenvalue weighted by molar-refractivity contribution is -0.154. The first-order chi connectivity index (χ1) is 26.8. The number of alkyl halides is 3. The fourth-order valence-electron chi connectivity index (χ4n) is 5.31. The van der Waals surface area contributed by atoms with Crippen LogP contribution in [0, 0.1) is 0 Å². The van der Waals surface area contributed by atoms with E-state index in [4.69, 9.17) is 21.1 Å². The number of H-pyrrole nitrogens is 1. The SMILES string of the molecule is COC(=O)[C@H](CNC(=O)C(=O)Nc1cccc(-c2ncc[nH]2)c1)NC(=O)c1ccc(Nc2nc(NC3(c4ccc(Cl)cc4)CC3)nc(OCC(F)(F)F)n2)cc1.